The second-order valence-electron chi connectivity index (χ2n) is 4.47. The van der Waals surface area contributed by atoms with Gasteiger partial charge >= 0.3 is 0 Å². The number of likely N-dealkylation sites (tertiary alicyclic amines) is 1. The van der Waals surface area contributed by atoms with Crippen LogP contribution in [0.4, 0.5) is 4.39 Å². The Balaban J connectivity index is 1.78. The maximum Gasteiger partial charge on any atom is 0.272 e. The summed E-state index contributed by atoms with van der Waals surface area (Å²) in [7, 11) is 0. The summed E-state index contributed by atoms with van der Waals surface area (Å²) in [5.74, 6) is -0.340. The number of nitrogens with zero attached hydrogens (tertiary/aromatic N) is 2. The van der Waals surface area contributed by atoms with Crippen molar-refractivity contribution in [2.45, 2.75) is 12.3 Å². The Morgan fingerprint density at radius 1 is 1.58 bits per heavy atom. The SMILES string of the molecule is O=C(c1cc(-c2ccsc2)n[nH]1)N1C[C@@H](O)[C@H](F)C1. The van der Waals surface area contributed by atoms with Crippen LogP contribution in [0.25, 0.3) is 11.3 Å². The van der Waals surface area contributed by atoms with Crippen molar-refractivity contribution in [1.82, 2.24) is 15.1 Å². The number of β-amino-alcohol motifs (C(OH)–C–C–N with tert-alkyl or cyclic N) is 1. The molecule has 0 saturated carbocycles. The fourth-order valence-electron chi connectivity index (χ4n) is 2.07. The average molecular weight is 281 g/mol. The van der Waals surface area contributed by atoms with Crippen LogP contribution < -0.4 is 0 Å². The summed E-state index contributed by atoms with van der Waals surface area (Å²) < 4.78 is 13.2. The number of carbonyl (C=O) groups excluding carboxylic acids is 1. The number of aliphatic hydroxyl groups is 1. The molecule has 3 heterocycles. The van der Waals surface area contributed by atoms with Crippen molar-refractivity contribution in [3.63, 3.8) is 0 Å². The molecule has 1 amide bonds. The quantitative estimate of drug-likeness (QED) is 0.871. The van der Waals surface area contributed by atoms with Gasteiger partial charge in [-0.15, -0.1) is 0 Å². The Hall–Kier alpha value is -1.73. The van der Waals surface area contributed by atoms with Crippen molar-refractivity contribution in [2.24, 2.45) is 0 Å². The minimum absolute atomic E-state index is 0.0206. The fourth-order valence-corrected chi connectivity index (χ4v) is 2.72. The molecule has 1 aliphatic rings. The number of rotatable bonds is 2. The topological polar surface area (TPSA) is 69.2 Å². The van der Waals surface area contributed by atoms with Gasteiger partial charge in [-0.1, -0.05) is 0 Å². The summed E-state index contributed by atoms with van der Waals surface area (Å²) in [6, 6.07) is 3.55. The molecular formula is C12H12FN3O2S. The summed E-state index contributed by atoms with van der Waals surface area (Å²) in [5.41, 5.74) is 1.92. The number of alkyl halides is 1. The van der Waals surface area contributed by atoms with Gasteiger partial charge in [0, 0.05) is 17.5 Å². The van der Waals surface area contributed by atoms with E-state index >= 15 is 0 Å². The number of hydrogen-bond donors (Lipinski definition) is 2. The molecule has 1 aliphatic heterocycles. The van der Waals surface area contributed by atoms with Crippen LogP contribution >= 0.6 is 11.3 Å². The van der Waals surface area contributed by atoms with E-state index in [0.29, 0.717) is 11.4 Å². The van der Waals surface area contributed by atoms with E-state index in [2.05, 4.69) is 10.2 Å². The van der Waals surface area contributed by atoms with Gasteiger partial charge in [0.25, 0.3) is 5.91 Å². The monoisotopic (exact) mass is 281 g/mol. The molecule has 2 N–H and O–H groups in total. The molecule has 1 fully saturated rings. The van der Waals surface area contributed by atoms with Crippen molar-refractivity contribution < 1.29 is 14.3 Å². The zero-order chi connectivity index (χ0) is 13.4. The summed E-state index contributed by atoms with van der Waals surface area (Å²) in [4.78, 5) is 13.4. The van der Waals surface area contributed by atoms with Gasteiger partial charge in [0.1, 0.15) is 18.0 Å². The van der Waals surface area contributed by atoms with Crippen LogP contribution in [0.15, 0.2) is 22.9 Å². The van der Waals surface area contributed by atoms with Crippen LogP contribution in [-0.4, -0.2) is 51.5 Å². The van der Waals surface area contributed by atoms with Crippen LogP contribution in [0, 0.1) is 0 Å². The Kier molecular flexibility index (Phi) is 3.08. The van der Waals surface area contributed by atoms with E-state index in [9.17, 15) is 14.3 Å². The van der Waals surface area contributed by atoms with Crippen molar-refractivity contribution in [2.75, 3.05) is 13.1 Å². The molecule has 0 spiro atoms. The van der Waals surface area contributed by atoms with Crippen molar-refractivity contribution in [3.05, 3.63) is 28.6 Å². The smallest absolute Gasteiger partial charge is 0.272 e. The van der Waals surface area contributed by atoms with E-state index in [0.717, 1.165) is 5.56 Å². The lowest BCUT2D eigenvalue weighted by Crippen LogP contribution is -2.29. The van der Waals surface area contributed by atoms with Gasteiger partial charge in [-0.05, 0) is 17.5 Å². The summed E-state index contributed by atoms with van der Waals surface area (Å²) in [6.45, 7) is -0.0559. The normalized spacial score (nSPS) is 22.9. The molecule has 2 aromatic heterocycles. The van der Waals surface area contributed by atoms with Crippen molar-refractivity contribution >= 4 is 17.2 Å². The highest BCUT2D eigenvalue weighted by Crippen LogP contribution is 2.22. The summed E-state index contributed by atoms with van der Waals surface area (Å²) >= 11 is 1.55. The van der Waals surface area contributed by atoms with E-state index in [1.165, 1.54) is 4.90 Å². The Morgan fingerprint density at radius 2 is 2.42 bits per heavy atom. The van der Waals surface area contributed by atoms with Crippen LogP contribution in [-0.2, 0) is 0 Å². The van der Waals surface area contributed by atoms with Gasteiger partial charge in [-0.25, -0.2) is 4.39 Å². The number of hydrogen-bond acceptors (Lipinski definition) is 4. The first-order valence-corrected chi connectivity index (χ1v) is 6.79. The van der Waals surface area contributed by atoms with E-state index < -0.39 is 12.3 Å². The third kappa shape index (κ3) is 2.26. The van der Waals surface area contributed by atoms with Crippen LogP contribution in [0.5, 0.6) is 0 Å². The highest BCUT2D eigenvalue weighted by Gasteiger charge is 2.34. The average Bonchev–Trinajstić information content (AvgIpc) is 3.09. The van der Waals surface area contributed by atoms with Crippen molar-refractivity contribution in [3.8, 4) is 11.3 Å². The van der Waals surface area contributed by atoms with Crippen molar-refractivity contribution in [1.29, 1.82) is 0 Å². The second kappa shape index (κ2) is 4.75. The number of nitrogens with one attached hydrogen (secondary N) is 1. The van der Waals surface area contributed by atoms with Gasteiger partial charge in [-0.2, -0.15) is 16.4 Å². The predicted octanol–water partition coefficient (Wildman–Crippen LogP) is 1.29. The molecule has 7 heteroatoms. The highest BCUT2D eigenvalue weighted by molar-refractivity contribution is 7.08. The first kappa shape index (κ1) is 12.3. The third-order valence-corrected chi connectivity index (χ3v) is 3.82. The Labute approximate surface area is 112 Å². The van der Waals surface area contributed by atoms with Crippen LogP contribution in [0.3, 0.4) is 0 Å². The fraction of sp³-hybridized carbons (Fsp3) is 0.333. The largest absolute Gasteiger partial charge is 0.388 e. The molecule has 5 nitrogen and oxygen atoms in total. The number of H-pyrrole nitrogens is 1. The van der Waals surface area contributed by atoms with E-state index in [1.54, 1.807) is 17.4 Å². The summed E-state index contributed by atoms with van der Waals surface area (Å²) in [5, 5.41) is 19.9. The lowest BCUT2D eigenvalue weighted by Gasteiger charge is -2.13. The molecule has 100 valence electrons. The van der Waals surface area contributed by atoms with Gasteiger partial charge in [-0.3, -0.25) is 9.89 Å². The minimum Gasteiger partial charge on any atom is -0.388 e. The molecule has 0 aliphatic carbocycles. The molecule has 2 atom stereocenters. The number of aromatic amines is 1. The molecule has 0 unspecified atom stereocenters. The zero-order valence-corrected chi connectivity index (χ0v) is 10.7. The minimum atomic E-state index is -1.37. The number of halogens is 1. The standard InChI is InChI=1S/C12H12FN3O2S/c13-8-4-16(5-11(8)17)12(18)10-3-9(14-15-10)7-1-2-19-6-7/h1-3,6,8,11,17H,4-5H2,(H,14,15)/t8-,11-/m1/s1. The highest BCUT2D eigenvalue weighted by atomic mass is 32.1. The van der Waals surface area contributed by atoms with E-state index in [-0.39, 0.29) is 19.0 Å². The number of carbonyl (C=O) groups is 1. The lowest BCUT2D eigenvalue weighted by molar-refractivity contribution is 0.0758. The molecule has 0 bridgehead atoms. The number of aliphatic hydroxyl groups excluding tert-OH is 1. The first-order chi connectivity index (χ1) is 9.15. The lowest BCUT2D eigenvalue weighted by atomic mass is 10.2. The third-order valence-electron chi connectivity index (χ3n) is 3.13. The first-order valence-electron chi connectivity index (χ1n) is 5.84. The maximum atomic E-state index is 13.2. The number of aromatic nitrogens is 2. The molecule has 3 rings (SSSR count). The molecule has 2 aromatic rings. The Bertz CT molecular complexity index is 574. The van der Waals surface area contributed by atoms with Crippen LogP contribution in [0.1, 0.15) is 10.5 Å². The predicted molar refractivity (Wildman–Crippen MR) is 68.7 cm³/mol. The molecule has 0 aromatic carbocycles. The Morgan fingerprint density at radius 3 is 3.05 bits per heavy atom. The zero-order valence-electron chi connectivity index (χ0n) is 9.91. The van der Waals surface area contributed by atoms with Crippen LogP contribution in [0.2, 0.25) is 0 Å². The molecule has 19 heavy (non-hydrogen) atoms. The summed E-state index contributed by atoms with van der Waals surface area (Å²) in [6.07, 6.45) is -2.47. The second-order valence-corrected chi connectivity index (χ2v) is 5.25. The number of thiophene rings is 1. The van der Waals surface area contributed by atoms with E-state index in [4.69, 9.17) is 0 Å². The van der Waals surface area contributed by atoms with Gasteiger partial charge in [0.15, 0.2) is 0 Å². The van der Waals surface area contributed by atoms with E-state index in [1.807, 2.05) is 16.8 Å². The van der Waals surface area contributed by atoms with Gasteiger partial charge in [0.2, 0.25) is 0 Å². The molecule has 1 saturated heterocycles. The molecule has 0 radical (unpaired) electrons. The van der Waals surface area contributed by atoms with Gasteiger partial charge < -0.3 is 10.0 Å². The van der Waals surface area contributed by atoms with Gasteiger partial charge in [0.05, 0.1) is 12.2 Å². The maximum absolute atomic E-state index is 13.2. The number of amides is 1. The molecular weight excluding hydrogens is 269 g/mol.